The van der Waals surface area contributed by atoms with Crippen LogP contribution in [0.3, 0.4) is 0 Å². The van der Waals surface area contributed by atoms with Crippen LogP contribution in [0.25, 0.3) is 66.4 Å². The monoisotopic (exact) mass is 540 g/mol. The van der Waals surface area contributed by atoms with Gasteiger partial charge in [0.1, 0.15) is 11.2 Å². The Kier molecular flexibility index (Phi) is 4.94. The van der Waals surface area contributed by atoms with Crippen LogP contribution in [0.4, 0.5) is 0 Å². The van der Waals surface area contributed by atoms with Crippen LogP contribution >= 0.6 is 0 Å². The number of aromatic nitrogens is 2. The summed E-state index contributed by atoms with van der Waals surface area (Å²) in [6, 6.07) is 37.3. The molecule has 3 aromatic heterocycles. The number of benzene rings is 5. The van der Waals surface area contributed by atoms with Crippen molar-refractivity contribution in [3.63, 3.8) is 0 Å². The third-order valence-electron chi connectivity index (χ3n) is 8.97. The molecule has 1 aliphatic carbocycles. The molecule has 5 aromatic carbocycles. The fourth-order valence-electron chi connectivity index (χ4n) is 7.09. The largest absolute Gasteiger partial charge is 0.456 e. The van der Waals surface area contributed by atoms with E-state index in [1.807, 2.05) is 0 Å². The van der Waals surface area contributed by atoms with E-state index in [4.69, 9.17) is 4.42 Å². The van der Waals surface area contributed by atoms with Crippen LogP contribution < -0.4 is 0 Å². The van der Waals surface area contributed by atoms with Crippen LogP contribution in [-0.2, 0) is 13.0 Å². The normalized spacial score (nSPS) is 13.2. The Labute approximate surface area is 243 Å². The van der Waals surface area contributed by atoms with E-state index in [1.165, 1.54) is 55.1 Å². The zero-order valence-electron chi connectivity index (χ0n) is 23.3. The molecule has 0 unspecified atom stereocenters. The zero-order chi connectivity index (χ0) is 27.8. The summed E-state index contributed by atoms with van der Waals surface area (Å²) in [5.74, 6) is 0. The second-order valence-corrected chi connectivity index (χ2v) is 11.4. The van der Waals surface area contributed by atoms with Crippen LogP contribution in [0.15, 0.2) is 126 Å². The topological polar surface area (TPSA) is 23.0 Å². The van der Waals surface area contributed by atoms with Crippen molar-refractivity contribution in [3.8, 4) is 5.69 Å². The van der Waals surface area contributed by atoms with Crippen molar-refractivity contribution in [2.24, 2.45) is 0 Å². The molecule has 0 fully saturated rings. The van der Waals surface area contributed by atoms with Crippen molar-refractivity contribution in [1.29, 1.82) is 0 Å². The smallest absolute Gasteiger partial charge is 0.135 e. The lowest BCUT2D eigenvalue weighted by Gasteiger charge is -2.11. The SMILES string of the molecule is Cc1cccc2c1c1c(n2Cc2ccc3oc4ccc(-n5c6ccccc6c6ccccc65)cc4c3c2)CC=CC=C1. The van der Waals surface area contributed by atoms with Gasteiger partial charge in [0.15, 0.2) is 0 Å². The Balaban J connectivity index is 1.22. The van der Waals surface area contributed by atoms with Gasteiger partial charge in [-0.15, -0.1) is 0 Å². The fraction of sp³-hybridized carbons (Fsp3) is 0.0769. The molecule has 200 valence electrons. The van der Waals surface area contributed by atoms with Crippen molar-refractivity contribution in [2.45, 2.75) is 19.9 Å². The van der Waals surface area contributed by atoms with Crippen molar-refractivity contribution in [3.05, 3.63) is 144 Å². The molecular formula is C39H28N2O. The van der Waals surface area contributed by atoms with Crippen LogP contribution in [0.1, 0.15) is 22.4 Å². The Bertz CT molecular complexity index is 2370. The number of hydrogen-bond acceptors (Lipinski definition) is 1. The minimum atomic E-state index is 0.812. The summed E-state index contributed by atoms with van der Waals surface area (Å²) < 4.78 is 11.2. The molecule has 0 atom stereocenters. The van der Waals surface area contributed by atoms with Crippen molar-refractivity contribution in [2.75, 3.05) is 0 Å². The van der Waals surface area contributed by atoms with Crippen LogP contribution in [-0.4, -0.2) is 9.13 Å². The van der Waals surface area contributed by atoms with E-state index in [9.17, 15) is 0 Å². The Morgan fingerprint density at radius 2 is 1.38 bits per heavy atom. The summed E-state index contributed by atoms with van der Waals surface area (Å²) in [6.07, 6.45) is 9.78. The van der Waals surface area contributed by atoms with E-state index in [1.54, 1.807) is 0 Å². The predicted molar refractivity (Wildman–Crippen MR) is 176 cm³/mol. The molecule has 1 aliphatic rings. The van der Waals surface area contributed by atoms with E-state index >= 15 is 0 Å². The number of para-hydroxylation sites is 2. The van der Waals surface area contributed by atoms with Gasteiger partial charge in [-0.2, -0.15) is 0 Å². The summed E-state index contributed by atoms with van der Waals surface area (Å²) in [5, 5.41) is 6.20. The van der Waals surface area contributed by atoms with Gasteiger partial charge in [-0.1, -0.05) is 78.9 Å². The molecule has 42 heavy (non-hydrogen) atoms. The number of allylic oxidation sites excluding steroid dienone is 3. The first-order valence-corrected chi connectivity index (χ1v) is 14.6. The van der Waals surface area contributed by atoms with Crippen molar-refractivity contribution in [1.82, 2.24) is 9.13 Å². The number of nitrogens with zero attached hydrogens (tertiary/aromatic N) is 2. The third kappa shape index (κ3) is 3.34. The lowest BCUT2D eigenvalue weighted by molar-refractivity contribution is 0.668. The summed E-state index contributed by atoms with van der Waals surface area (Å²) >= 11 is 0. The molecule has 3 nitrogen and oxygen atoms in total. The molecule has 8 aromatic rings. The summed E-state index contributed by atoms with van der Waals surface area (Å²) in [7, 11) is 0. The molecule has 3 heterocycles. The first kappa shape index (κ1) is 23.4. The highest BCUT2D eigenvalue weighted by Gasteiger charge is 2.18. The summed E-state index contributed by atoms with van der Waals surface area (Å²) in [6.45, 7) is 3.03. The molecule has 0 radical (unpaired) electrons. The second kappa shape index (κ2) is 8.86. The predicted octanol–water partition coefficient (Wildman–Crippen LogP) is 10.1. The summed E-state index contributed by atoms with van der Waals surface area (Å²) in [4.78, 5) is 0. The highest BCUT2D eigenvalue weighted by Crippen LogP contribution is 2.37. The third-order valence-corrected chi connectivity index (χ3v) is 8.97. The van der Waals surface area contributed by atoms with Gasteiger partial charge in [0.25, 0.3) is 0 Å². The molecule has 0 spiro atoms. The molecule has 9 rings (SSSR count). The Morgan fingerprint density at radius 1 is 0.667 bits per heavy atom. The highest BCUT2D eigenvalue weighted by molar-refractivity contribution is 6.10. The lowest BCUT2D eigenvalue weighted by atomic mass is 10.1. The zero-order valence-corrected chi connectivity index (χ0v) is 23.3. The van der Waals surface area contributed by atoms with Gasteiger partial charge in [0.2, 0.25) is 0 Å². The van der Waals surface area contributed by atoms with Gasteiger partial charge >= 0.3 is 0 Å². The minimum Gasteiger partial charge on any atom is -0.456 e. The minimum absolute atomic E-state index is 0.812. The maximum Gasteiger partial charge on any atom is 0.135 e. The van der Waals surface area contributed by atoms with E-state index in [0.29, 0.717) is 0 Å². The van der Waals surface area contributed by atoms with Crippen molar-refractivity contribution >= 4 is 60.7 Å². The molecular weight excluding hydrogens is 512 g/mol. The van der Waals surface area contributed by atoms with Gasteiger partial charge in [0.05, 0.1) is 11.0 Å². The maximum atomic E-state index is 6.35. The number of furan rings is 1. The van der Waals surface area contributed by atoms with E-state index in [-0.39, 0.29) is 0 Å². The molecule has 0 amide bonds. The van der Waals surface area contributed by atoms with Gasteiger partial charge in [-0.05, 0) is 66.6 Å². The van der Waals surface area contributed by atoms with Gasteiger partial charge in [-0.25, -0.2) is 0 Å². The first-order chi connectivity index (χ1) is 20.7. The van der Waals surface area contributed by atoms with Crippen molar-refractivity contribution < 1.29 is 4.42 Å². The first-order valence-electron chi connectivity index (χ1n) is 14.6. The average molecular weight is 541 g/mol. The second-order valence-electron chi connectivity index (χ2n) is 11.4. The number of fused-ring (bicyclic) bond motifs is 9. The van der Waals surface area contributed by atoms with E-state index in [0.717, 1.165) is 40.6 Å². The molecule has 0 aliphatic heterocycles. The molecule has 0 saturated heterocycles. The standard InChI is InChI=1S/C39H28N2O/c1-25-10-9-17-36-39(25)30-13-3-2-4-14-33(30)40(36)24-26-18-20-37-31(22-26)32-23-27(19-21-38(32)42-37)41-34-15-7-5-11-28(34)29-12-6-8-16-35(29)41/h2-13,15-23H,14,24H2,1H3. The maximum absolute atomic E-state index is 6.35. The fourth-order valence-corrected chi connectivity index (χ4v) is 7.09. The lowest BCUT2D eigenvalue weighted by Crippen LogP contribution is -2.04. The summed E-state index contributed by atoms with van der Waals surface area (Å²) in [5.41, 5.74) is 12.0. The van der Waals surface area contributed by atoms with Gasteiger partial charge < -0.3 is 13.6 Å². The molecule has 0 bridgehead atoms. The quantitative estimate of drug-likeness (QED) is 0.219. The molecule has 0 N–H and O–H groups in total. The van der Waals surface area contributed by atoms with Crippen LogP contribution in [0.2, 0.25) is 0 Å². The molecule has 0 saturated carbocycles. The van der Waals surface area contributed by atoms with Gasteiger partial charge in [0, 0.05) is 62.4 Å². The highest BCUT2D eigenvalue weighted by atomic mass is 16.3. The van der Waals surface area contributed by atoms with Crippen LogP contribution in [0, 0.1) is 6.92 Å². The van der Waals surface area contributed by atoms with E-state index < -0.39 is 0 Å². The Morgan fingerprint density at radius 3 is 2.19 bits per heavy atom. The number of aryl methyl sites for hydroxylation is 1. The van der Waals surface area contributed by atoms with Crippen LogP contribution in [0.5, 0.6) is 0 Å². The Hall–Kier alpha value is -5.28. The molecule has 3 heteroatoms. The van der Waals surface area contributed by atoms with Gasteiger partial charge in [-0.3, -0.25) is 0 Å². The van der Waals surface area contributed by atoms with E-state index in [2.05, 4.69) is 143 Å². The number of hydrogen-bond donors (Lipinski definition) is 0. The number of rotatable bonds is 3. The average Bonchev–Trinajstić information content (AvgIpc) is 3.57.